The normalized spacial score (nSPS) is 14.3. The minimum atomic E-state index is -0.581. The smallest absolute Gasteiger partial charge is 0.254 e. The second-order valence-corrected chi connectivity index (χ2v) is 5.20. The fourth-order valence-electron chi connectivity index (χ4n) is 2.15. The summed E-state index contributed by atoms with van der Waals surface area (Å²) >= 11 is 0. The van der Waals surface area contributed by atoms with E-state index in [4.69, 9.17) is 0 Å². The molecule has 0 saturated carbocycles. The molecule has 1 atom stereocenters. The van der Waals surface area contributed by atoms with Gasteiger partial charge in [0, 0.05) is 16.6 Å². The van der Waals surface area contributed by atoms with Crippen LogP contribution in [0.5, 0.6) is 0 Å². The number of rotatable bonds is 4. The van der Waals surface area contributed by atoms with Crippen LogP contribution in [0.3, 0.4) is 0 Å². The maximum atomic E-state index is 12.4. The number of benzene rings is 1. The first-order chi connectivity index (χ1) is 9.00. The zero-order chi connectivity index (χ0) is 14.0. The Bertz CT molecular complexity index is 597. The molecular formula is C15H20N2O2. The molecule has 3 N–H and O–H groups in total. The Balaban J connectivity index is 2.39. The van der Waals surface area contributed by atoms with E-state index in [0.717, 1.165) is 16.6 Å². The number of carbonyl (C=O) groups is 1. The summed E-state index contributed by atoms with van der Waals surface area (Å²) in [6, 6.07) is 7.72. The quantitative estimate of drug-likeness (QED) is 0.790. The van der Waals surface area contributed by atoms with Crippen LogP contribution in [-0.4, -0.2) is 28.1 Å². The average molecular weight is 260 g/mol. The van der Waals surface area contributed by atoms with Gasteiger partial charge in [0.05, 0.1) is 17.7 Å². The summed E-state index contributed by atoms with van der Waals surface area (Å²) in [6.07, 6.45) is 0.677. The van der Waals surface area contributed by atoms with E-state index in [1.165, 1.54) is 0 Å². The molecule has 0 spiro atoms. The molecule has 0 bridgehead atoms. The predicted molar refractivity (Wildman–Crippen MR) is 76.3 cm³/mol. The molecule has 19 heavy (non-hydrogen) atoms. The number of aromatic nitrogens is 1. The predicted octanol–water partition coefficient (Wildman–Crippen LogP) is 2.37. The van der Waals surface area contributed by atoms with E-state index in [2.05, 4.69) is 10.3 Å². The summed E-state index contributed by atoms with van der Waals surface area (Å²) in [7, 11) is 0. The number of aliphatic hydroxyl groups excluding tert-OH is 1. The summed E-state index contributed by atoms with van der Waals surface area (Å²) in [4.78, 5) is 15.6. The van der Waals surface area contributed by atoms with E-state index in [9.17, 15) is 9.90 Å². The van der Waals surface area contributed by atoms with Gasteiger partial charge in [-0.05, 0) is 26.3 Å². The van der Waals surface area contributed by atoms with E-state index in [1.807, 2.05) is 45.0 Å². The molecule has 0 aliphatic carbocycles. The van der Waals surface area contributed by atoms with Crippen molar-refractivity contribution >= 4 is 16.8 Å². The first-order valence-electron chi connectivity index (χ1n) is 6.51. The van der Waals surface area contributed by atoms with Crippen molar-refractivity contribution in [3.05, 3.63) is 35.5 Å². The minimum Gasteiger partial charge on any atom is -0.394 e. The summed E-state index contributed by atoms with van der Waals surface area (Å²) in [5, 5.41) is 13.2. The molecule has 0 aliphatic rings. The lowest BCUT2D eigenvalue weighted by atomic mass is 9.99. The van der Waals surface area contributed by atoms with Gasteiger partial charge in [-0.2, -0.15) is 0 Å². The number of amides is 1. The number of H-pyrrole nitrogens is 1. The first kappa shape index (κ1) is 13.6. The van der Waals surface area contributed by atoms with Gasteiger partial charge in [0.25, 0.3) is 5.91 Å². The number of aliphatic hydroxyl groups is 1. The van der Waals surface area contributed by atoms with E-state index in [0.29, 0.717) is 12.0 Å². The average Bonchev–Trinajstić information content (AvgIpc) is 2.74. The second kappa shape index (κ2) is 5.05. The molecule has 1 amide bonds. The Hall–Kier alpha value is -1.81. The Kier molecular flexibility index (Phi) is 3.62. The summed E-state index contributed by atoms with van der Waals surface area (Å²) in [5.41, 5.74) is 1.87. The monoisotopic (exact) mass is 260 g/mol. The van der Waals surface area contributed by atoms with Gasteiger partial charge in [0.2, 0.25) is 0 Å². The van der Waals surface area contributed by atoms with E-state index >= 15 is 0 Å². The minimum absolute atomic E-state index is 0.0728. The molecule has 4 nitrogen and oxygen atoms in total. The molecule has 1 aromatic heterocycles. The zero-order valence-electron chi connectivity index (χ0n) is 11.6. The van der Waals surface area contributed by atoms with Gasteiger partial charge < -0.3 is 15.4 Å². The van der Waals surface area contributed by atoms with Gasteiger partial charge >= 0.3 is 0 Å². The topological polar surface area (TPSA) is 65.1 Å². The van der Waals surface area contributed by atoms with Gasteiger partial charge in [-0.3, -0.25) is 4.79 Å². The van der Waals surface area contributed by atoms with Crippen LogP contribution in [0.2, 0.25) is 0 Å². The third-order valence-electron chi connectivity index (χ3n) is 3.67. The largest absolute Gasteiger partial charge is 0.394 e. The van der Waals surface area contributed by atoms with Gasteiger partial charge in [-0.1, -0.05) is 25.1 Å². The van der Waals surface area contributed by atoms with Gasteiger partial charge in [0.1, 0.15) is 0 Å². The van der Waals surface area contributed by atoms with Crippen LogP contribution in [0.15, 0.2) is 24.3 Å². The van der Waals surface area contributed by atoms with Crippen LogP contribution in [-0.2, 0) is 0 Å². The number of aromatic amines is 1. The molecular weight excluding hydrogens is 240 g/mol. The number of aryl methyl sites for hydroxylation is 1. The van der Waals surface area contributed by atoms with Crippen molar-refractivity contribution < 1.29 is 9.90 Å². The molecule has 0 radical (unpaired) electrons. The third kappa shape index (κ3) is 2.49. The molecule has 1 unspecified atom stereocenters. The highest BCUT2D eigenvalue weighted by atomic mass is 16.3. The van der Waals surface area contributed by atoms with Crippen LogP contribution in [0.1, 0.15) is 36.3 Å². The van der Waals surface area contributed by atoms with Crippen molar-refractivity contribution in [3.8, 4) is 0 Å². The molecule has 0 saturated heterocycles. The van der Waals surface area contributed by atoms with E-state index in [-0.39, 0.29) is 12.5 Å². The molecule has 4 heteroatoms. The highest BCUT2D eigenvalue weighted by molar-refractivity contribution is 6.08. The zero-order valence-corrected chi connectivity index (χ0v) is 11.6. The molecule has 0 aliphatic heterocycles. The Morgan fingerprint density at radius 3 is 2.74 bits per heavy atom. The summed E-state index contributed by atoms with van der Waals surface area (Å²) < 4.78 is 0. The van der Waals surface area contributed by atoms with Crippen molar-refractivity contribution in [3.63, 3.8) is 0 Å². The highest BCUT2D eigenvalue weighted by Gasteiger charge is 2.26. The number of nitrogens with one attached hydrogen (secondary N) is 2. The second-order valence-electron chi connectivity index (χ2n) is 5.20. The Morgan fingerprint density at radius 1 is 1.42 bits per heavy atom. The Labute approximate surface area is 112 Å². The number of carbonyl (C=O) groups excluding carboxylic acids is 1. The molecule has 2 aromatic rings. The first-order valence-corrected chi connectivity index (χ1v) is 6.51. The van der Waals surface area contributed by atoms with Crippen molar-refractivity contribution in [2.24, 2.45) is 0 Å². The molecule has 1 heterocycles. The maximum absolute atomic E-state index is 12.4. The maximum Gasteiger partial charge on any atom is 0.254 e. The lowest BCUT2D eigenvalue weighted by Crippen LogP contribution is -2.48. The van der Waals surface area contributed by atoms with Gasteiger partial charge in [0.15, 0.2) is 0 Å². The molecule has 1 aromatic carbocycles. The molecule has 102 valence electrons. The van der Waals surface area contributed by atoms with E-state index in [1.54, 1.807) is 0 Å². The fraction of sp³-hybridized carbons (Fsp3) is 0.400. The third-order valence-corrected chi connectivity index (χ3v) is 3.67. The SMILES string of the molecule is CCC(C)(CO)NC(=O)c1c(C)[nH]c2ccccc12. The molecule has 0 fully saturated rings. The fourth-order valence-corrected chi connectivity index (χ4v) is 2.15. The van der Waals surface area contributed by atoms with Crippen LogP contribution in [0, 0.1) is 6.92 Å². The summed E-state index contributed by atoms with van der Waals surface area (Å²) in [5.74, 6) is -0.145. The van der Waals surface area contributed by atoms with E-state index < -0.39 is 5.54 Å². The highest BCUT2D eigenvalue weighted by Crippen LogP contribution is 2.22. The van der Waals surface area contributed by atoms with Crippen molar-refractivity contribution in [1.29, 1.82) is 0 Å². The number of hydrogen-bond acceptors (Lipinski definition) is 2. The van der Waals surface area contributed by atoms with Crippen molar-refractivity contribution in [2.45, 2.75) is 32.7 Å². The lowest BCUT2D eigenvalue weighted by molar-refractivity contribution is 0.0848. The summed E-state index contributed by atoms with van der Waals surface area (Å²) in [6.45, 7) is 5.60. The number of hydrogen-bond donors (Lipinski definition) is 3. The van der Waals surface area contributed by atoms with Crippen LogP contribution >= 0.6 is 0 Å². The lowest BCUT2D eigenvalue weighted by Gasteiger charge is -2.27. The van der Waals surface area contributed by atoms with Crippen molar-refractivity contribution in [2.75, 3.05) is 6.61 Å². The van der Waals surface area contributed by atoms with Gasteiger partial charge in [-0.25, -0.2) is 0 Å². The van der Waals surface area contributed by atoms with Crippen LogP contribution in [0.4, 0.5) is 0 Å². The van der Waals surface area contributed by atoms with Crippen molar-refractivity contribution in [1.82, 2.24) is 10.3 Å². The van der Waals surface area contributed by atoms with Gasteiger partial charge in [-0.15, -0.1) is 0 Å². The molecule has 2 rings (SSSR count). The van der Waals surface area contributed by atoms with Crippen LogP contribution in [0.25, 0.3) is 10.9 Å². The standard InChI is InChI=1S/C15H20N2O2/c1-4-15(3,9-18)17-14(19)13-10(2)16-12-8-6-5-7-11(12)13/h5-8,16,18H,4,9H2,1-3H3,(H,17,19). The van der Waals surface area contributed by atoms with Crippen LogP contribution < -0.4 is 5.32 Å². The number of para-hydroxylation sites is 1. The Morgan fingerprint density at radius 2 is 2.11 bits per heavy atom. The number of fused-ring (bicyclic) bond motifs is 1.